The Morgan fingerprint density at radius 1 is 0.925 bits per heavy atom. The second kappa shape index (κ2) is 12.1. The van der Waals surface area contributed by atoms with E-state index in [9.17, 15) is 19.8 Å². The minimum absolute atomic E-state index is 0.0164. The van der Waals surface area contributed by atoms with Gasteiger partial charge in [-0.2, -0.15) is 0 Å². The number of oxime groups is 1. The van der Waals surface area contributed by atoms with Crippen LogP contribution in [0.15, 0.2) is 65.8 Å². The van der Waals surface area contributed by atoms with Crippen LogP contribution in [-0.4, -0.2) is 69.0 Å². The number of aryl methyl sites for hydroxylation is 2. The Labute approximate surface area is 234 Å². The first kappa shape index (κ1) is 29.1. The van der Waals surface area contributed by atoms with E-state index in [2.05, 4.69) is 16.6 Å². The van der Waals surface area contributed by atoms with Crippen LogP contribution in [-0.2, 0) is 16.2 Å². The third-order valence-corrected chi connectivity index (χ3v) is 7.55. The fourth-order valence-corrected chi connectivity index (χ4v) is 5.11. The van der Waals surface area contributed by atoms with Crippen molar-refractivity contribution in [3.05, 3.63) is 82.9 Å². The van der Waals surface area contributed by atoms with E-state index in [0.29, 0.717) is 16.8 Å². The maximum absolute atomic E-state index is 13.4. The molecular formula is C32H37N3O5. The summed E-state index contributed by atoms with van der Waals surface area (Å²) in [7, 11) is 0. The third-order valence-electron chi connectivity index (χ3n) is 7.55. The van der Waals surface area contributed by atoms with E-state index in [-0.39, 0.29) is 32.1 Å². The lowest BCUT2D eigenvalue weighted by atomic mass is 9.97. The van der Waals surface area contributed by atoms with Crippen LogP contribution < -0.4 is 0 Å². The van der Waals surface area contributed by atoms with Crippen molar-refractivity contribution in [2.45, 2.75) is 46.7 Å². The van der Waals surface area contributed by atoms with Gasteiger partial charge in [-0.05, 0) is 76.1 Å². The molecule has 0 aliphatic carbocycles. The topological polar surface area (TPSA) is 104 Å². The second-order valence-electron chi connectivity index (χ2n) is 10.4. The molecule has 0 aliphatic rings. The van der Waals surface area contributed by atoms with Crippen molar-refractivity contribution < 1.29 is 24.6 Å². The van der Waals surface area contributed by atoms with Crippen LogP contribution in [0.4, 0.5) is 0 Å². The largest absolute Gasteiger partial charge is 0.395 e. The highest BCUT2D eigenvalue weighted by Crippen LogP contribution is 2.32. The first-order chi connectivity index (χ1) is 19.1. The first-order valence-electron chi connectivity index (χ1n) is 13.5. The monoisotopic (exact) mass is 543 g/mol. The summed E-state index contributed by atoms with van der Waals surface area (Å²) in [5, 5.41) is 24.8. The number of carbonyl (C=O) groups excluding carboxylic acids is 2. The van der Waals surface area contributed by atoms with E-state index in [4.69, 9.17) is 4.84 Å². The van der Waals surface area contributed by atoms with Crippen molar-refractivity contribution in [1.82, 2.24) is 9.47 Å². The summed E-state index contributed by atoms with van der Waals surface area (Å²) in [6.07, 6.45) is 0. The van der Waals surface area contributed by atoms with Gasteiger partial charge in [0.25, 0.3) is 0 Å². The van der Waals surface area contributed by atoms with Gasteiger partial charge in [-0.1, -0.05) is 35.5 Å². The molecule has 0 unspecified atom stereocenters. The van der Waals surface area contributed by atoms with Gasteiger partial charge in [0.15, 0.2) is 5.78 Å². The summed E-state index contributed by atoms with van der Waals surface area (Å²) in [4.78, 5) is 33.2. The number of nitrogens with zero attached hydrogens (tertiary/aromatic N) is 3. The lowest BCUT2D eigenvalue weighted by Gasteiger charge is -2.34. The van der Waals surface area contributed by atoms with E-state index in [0.717, 1.165) is 39.5 Å². The van der Waals surface area contributed by atoms with Gasteiger partial charge >= 0.3 is 5.97 Å². The fourth-order valence-electron chi connectivity index (χ4n) is 5.11. The zero-order valence-electron chi connectivity index (χ0n) is 23.8. The fraction of sp³-hybridized carbons (Fsp3) is 0.344. The Balaban J connectivity index is 1.69. The van der Waals surface area contributed by atoms with Crippen molar-refractivity contribution >= 4 is 39.3 Å². The van der Waals surface area contributed by atoms with Gasteiger partial charge < -0.3 is 19.6 Å². The average Bonchev–Trinajstić information content (AvgIpc) is 3.27. The van der Waals surface area contributed by atoms with Gasteiger partial charge in [0, 0.05) is 52.6 Å². The molecule has 0 atom stereocenters. The van der Waals surface area contributed by atoms with Crippen LogP contribution >= 0.6 is 0 Å². The predicted octanol–water partition coefficient (Wildman–Crippen LogP) is 4.69. The summed E-state index contributed by atoms with van der Waals surface area (Å²) in [5.41, 5.74) is 4.53. The minimum Gasteiger partial charge on any atom is -0.395 e. The molecule has 210 valence electrons. The number of aliphatic hydroxyl groups excluding tert-OH is 2. The Morgan fingerprint density at radius 2 is 1.50 bits per heavy atom. The zero-order valence-corrected chi connectivity index (χ0v) is 23.8. The summed E-state index contributed by atoms with van der Waals surface area (Å²) in [5.74, 6) is -0.603. The molecule has 0 saturated heterocycles. The smallest absolute Gasteiger partial charge is 0.354 e. The van der Waals surface area contributed by atoms with Gasteiger partial charge in [-0.15, -0.1) is 0 Å². The lowest BCUT2D eigenvalue weighted by Crippen LogP contribution is -2.52. The van der Waals surface area contributed by atoms with Crippen LogP contribution in [0.1, 0.15) is 54.7 Å². The molecule has 0 amide bonds. The van der Waals surface area contributed by atoms with Crippen molar-refractivity contribution in [3.8, 4) is 0 Å². The molecule has 0 radical (unpaired) electrons. The molecule has 3 aromatic carbocycles. The number of fused-ring (bicyclic) bond motifs is 3. The predicted molar refractivity (Wildman–Crippen MR) is 158 cm³/mol. The van der Waals surface area contributed by atoms with Gasteiger partial charge in [0.05, 0.1) is 18.9 Å². The molecule has 40 heavy (non-hydrogen) atoms. The number of rotatable bonds is 11. The number of hydrogen-bond acceptors (Lipinski definition) is 7. The molecule has 0 bridgehead atoms. The van der Waals surface area contributed by atoms with E-state index in [1.807, 2.05) is 67.6 Å². The molecule has 4 rings (SSSR count). The van der Waals surface area contributed by atoms with Crippen LogP contribution in [0.3, 0.4) is 0 Å². The van der Waals surface area contributed by atoms with Crippen LogP contribution in [0.5, 0.6) is 0 Å². The summed E-state index contributed by atoms with van der Waals surface area (Å²) < 4.78 is 2.21. The van der Waals surface area contributed by atoms with Crippen LogP contribution in [0.2, 0.25) is 0 Å². The Kier molecular flexibility index (Phi) is 8.83. The maximum Gasteiger partial charge on any atom is 0.354 e. The Morgan fingerprint density at radius 3 is 2.08 bits per heavy atom. The van der Waals surface area contributed by atoms with Crippen LogP contribution in [0.25, 0.3) is 21.8 Å². The number of hydrogen-bond donors (Lipinski definition) is 2. The molecule has 0 saturated carbocycles. The number of benzene rings is 3. The average molecular weight is 544 g/mol. The molecule has 8 nitrogen and oxygen atoms in total. The van der Waals surface area contributed by atoms with Crippen molar-refractivity contribution in [2.75, 3.05) is 26.3 Å². The number of β-amino-alcohol motifs (C(OH)–C–C–N with tert-alkyl or cyclic N) is 2. The molecule has 0 spiro atoms. The minimum atomic E-state index is -1.09. The molecule has 0 aliphatic heterocycles. The normalized spacial score (nSPS) is 12.4. The summed E-state index contributed by atoms with van der Waals surface area (Å²) >= 11 is 0. The highest BCUT2D eigenvalue weighted by molar-refractivity contribution is 6.16. The molecular weight excluding hydrogens is 506 g/mol. The summed E-state index contributed by atoms with van der Waals surface area (Å²) in [6.45, 7) is 10.0. The summed E-state index contributed by atoms with van der Waals surface area (Å²) in [6, 6.07) is 19.4. The van der Waals surface area contributed by atoms with Crippen molar-refractivity contribution in [1.29, 1.82) is 0 Å². The first-order valence-corrected chi connectivity index (χ1v) is 13.5. The second-order valence-corrected chi connectivity index (χ2v) is 10.4. The van der Waals surface area contributed by atoms with E-state index < -0.39 is 11.5 Å². The van der Waals surface area contributed by atoms with Gasteiger partial charge in [0.2, 0.25) is 0 Å². The Hall–Kier alpha value is -3.85. The standard InChI is InChI=1S/C32H37N3O5/c1-6-35-28-13-11-23(22(3)33-40-31(39)32(4,5)34(15-17-36)16-18-37)19-26(28)27-20-24(12-14-29(27)35)30(38)25-10-8-7-9-21(25)2/h7-14,19-20,36-37H,6,15-18H2,1-5H3/b33-22+. The highest BCUT2D eigenvalue weighted by Gasteiger charge is 2.36. The molecule has 4 aromatic rings. The van der Waals surface area contributed by atoms with Gasteiger partial charge in [-0.25, -0.2) is 4.79 Å². The van der Waals surface area contributed by atoms with Crippen LogP contribution in [0, 0.1) is 6.92 Å². The third kappa shape index (κ3) is 5.56. The van der Waals surface area contributed by atoms with E-state index >= 15 is 0 Å². The molecule has 1 heterocycles. The van der Waals surface area contributed by atoms with E-state index in [1.54, 1.807) is 25.7 Å². The van der Waals surface area contributed by atoms with Crippen molar-refractivity contribution in [2.24, 2.45) is 5.16 Å². The van der Waals surface area contributed by atoms with Gasteiger partial charge in [-0.3, -0.25) is 9.69 Å². The van der Waals surface area contributed by atoms with Gasteiger partial charge in [0.1, 0.15) is 5.54 Å². The number of aromatic nitrogens is 1. The molecule has 0 fully saturated rings. The lowest BCUT2D eigenvalue weighted by molar-refractivity contribution is -0.157. The SMILES string of the molecule is CCn1c2ccc(C(=O)c3ccccc3C)cc2c2cc(/C(C)=N/OC(=O)C(C)(C)N(CCO)CCO)ccc21. The van der Waals surface area contributed by atoms with Crippen molar-refractivity contribution in [3.63, 3.8) is 0 Å². The quantitative estimate of drug-likeness (QED) is 0.123. The number of carbonyl (C=O) groups is 2. The molecule has 2 N–H and O–H groups in total. The number of ketones is 1. The maximum atomic E-state index is 13.4. The highest BCUT2D eigenvalue weighted by atomic mass is 16.7. The molecule has 1 aromatic heterocycles. The number of aliphatic hydroxyl groups is 2. The Bertz CT molecular complexity index is 1580. The van der Waals surface area contributed by atoms with E-state index in [1.165, 1.54) is 0 Å². The zero-order chi connectivity index (χ0) is 29.0. The molecule has 8 heteroatoms.